The number of rotatable bonds is 5. The van der Waals surface area contributed by atoms with Crippen molar-refractivity contribution >= 4 is 17.3 Å². The minimum atomic E-state index is 0.482. The predicted molar refractivity (Wildman–Crippen MR) is 73.4 cm³/mol. The molecule has 0 atom stereocenters. The van der Waals surface area contributed by atoms with E-state index in [0.29, 0.717) is 6.04 Å². The molecule has 0 fully saturated rings. The van der Waals surface area contributed by atoms with E-state index in [1.807, 2.05) is 18.2 Å². The van der Waals surface area contributed by atoms with E-state index in [9.17, 15) is 0 Å². The molecule has 0 radical (unpaired) electrons. The van der Waals surface area contributed by atoms with Gasteiger partial charge in [0.1, 0.15) is 0 Å². The maximum absolute atomic E-state index is 5.24. The molecular formula is C13H20N2S. The summed E-state index contributed by atoms with van der Waals surface area (Å²) in [7, 11) is 0. The van der Waals surface area contributed by atoms with Gasteiger partial charge in [0.05, 0.1) is 0 Å². The quantitative estimate of drug-likeness (QED) is 0.769. The van der Waals surface area contributed by atoms with Gasteiger partial charge in [0.25, 0.3) is 0 Å². The van der Waals surface area contributed by atoms with Gasteiger partial charge in [0.2, 0.25) is 0 Å². The van der Waals surface area contributed by atoms with Crippen molar-refractivity contribution in [1.82, 2.24) is 10.6 Å². The summed E-state index contributed by atoms with van der Waals surface area (Å²) in [5, 5.41) is 7.27. The van der Waals surface area contributed by atoms with E-state index in [-0.39, 0.29) is 0 Å². The molecule has 0 spiro atoms. The first-order valence-corrected chi connectivity index (χ1v) is 6.25. The van der Waals surface area contributed by atoms with Crippen molar-refractivity contribution in [2.75, 3.05) is 0 Å². The minimum absolute atomic E-state index is 0.482. The van der Waals surface area contributed by atoms with Gasteiger partial charge < -0.3 is 10.6 Å². The molecule has 0 heterocycles. The molecule has 1 aromatic rings. The maximum atomic E-state index is 5.24. The van der Waals surface area contributed by atoms with Crippen LogP contribution < -0.4 is 10.6 Å². The summed E-state index contributed by atoms with van der Waals surface area (Å²) in [6, 6.07) is 10.8. The second-order valence-corrected chi connectivity index (χ2v) is 4.23. The summed E-state index contributed by atoms with van der Waals surface area (Å²) >= 11 is 5.24. The molecule has 0 aliphatic rings. The molecular weight excluding hydrogens is 216 g/mol. The molecule has 88 valence electrons. The Kier molecular flexibility index (Phi) is 5.86. The van der Waals surface area contributed by atoms with Gasteiger partial charge in [0, 0.05) is 12.6 Å². The van der Waals surface area contributed by atoms with Crippen LogP contribution in [0.3, 0.4) is 0 Å². The monoisotopic (exact) mass is 236 g/mol. The van der Waals surface area contributed by atoms with Crippen molar-refractivity contribution in [1.29, 1.82) is 0 Å². The van der Waals surface area contributed by atoms with Crippen molar-refractivity contribution < 1.29 is 0 Å². The summed E-state index contributed by atoms with van der Waals surface area (Å²) in [5.74, 6) is 0. The highest BCUT2D eigenvalue weighted by molar-refractivity contribution is 7.80. The minimum Gasteiger partial charge on any atom is -0.360 e. The van der Waals surface area contributed by atoms with Gasteiger partial charge in [-0.25, -0.2) is 0 Å². The average molecular weight is 236 g/mol. The zero-order valence-electron chi connectivity index (χ0n) is 9.99. The molecule has 16 heavy (non-hydrogen) atoms. The molecule has 0 saturated heterocycles. The summed E-state index contributed by atoms with van der Waals surface area (Å²) in [5.41, 5.74) is 1.25. The Morgan fingerprint density at radius 1 is 1.19 bits per heavy atom. The molecule has 2 N–H and O–H groups in total. The fraction of sp³-hybridized carbons (Fsp3) is 0.462. The summed E-state index contributed by atoms with van der Waals surface area (Å²) in [6.07, 6.45) is 2.20. The zero-order chi connectivity index (χ0) is 11.8. The first-order valence-electron chi connectivity index (χ1n) is 5.84. The highest BCUT2D eigenvalue weighted by atomic mass is 32.1. The van der Waals surface area contributed by atoms with Crippen molar-refractivity contribution in [3.8, 4) is 0 Å². The molecule has 0 amide bonds. The van der Waals surface area contributed by atoms with Crippen molar-refractivity contribution in [2.45, 2.75) is 39.3 Å². The lowest BCUT2D eigenvalue weighted by atomic mass is 10.2. The Labute approximate surface area is 103 Å². The zero-order valence-corrected chi connectivity index (χ0v) is 10.8. The van der Waals surface area contributed by atoms with Crippen LogP contribution in [0.5, 0.6) is 0 Å². The van der Waals surface area contributed by atoms with Crippen LogP contribution in [0.1, 0.15) is 32.3 Å². The van der Waals surface area contributed by atoms with Crippen molar-refractivity contribution in [2.24, 2.45) is 0 Å². The predicted octanol–water partition coefficient (Wildman–Crippen LogP) is 2.84. The molecule has 3 heteroatoms. The Morgan fingerprint density at radius 3 is 2.38 bits per heavy atom. The van der Waals surface area contributed by atoms with E-state index in [0.717, 1.165) is 24.5 Å². The Hall–Kier alpha value is -1.09. The van der Waals surface area contributed by atoms with Gasteiger partial charge in [0.15, 0.2) is 5.11 Å². The normalized spacial score (nSPS) is 10.2. The standard InChI is InChI=1S/C13H20N2S/c1-3-12(4-2)15-13(16)14-10-11-8-6-5-7-9-11/h5-9,12H,3-4,10H2,1-2H3,(H2,14,15,16). The smallest absolute Gasteiger partial charge is 0.166 e. The molecule has 1 rings (SSSR count). The molecule has 0 aliphatic heterocycles. The molecule has 0 aromatic heterocycles. The summed E-state index contributed by atoms with van der Waals surface area (Å²) in [6.45, 7) is 5.12. The maximum Gasteiger partial charge on any atom is 0.166 e. The number of nitrogens with one attached hydrogen (secondary N) is 2. The number of hydrogen-bond donors (Lipinski definition) is 2. The van der Waals surface area contributed by atoms with Crippen LogP contribution in [-0.4, -0.2) is 11.2 Å². The van der Waals surface area contributed by atoms with Gasteiger partial charge in [-0.2, -0.15) is 0 Å². The SMILES string of the molecule is CCC(CC)NC(=S)NCc1ccccc1. The first kappa shape index (κ1) is 13.0. The lowest BCUT2D eigenvalue weighted by Gasteiger charge is -2.17. The van der Waals surface area contributed by atoms with Crippen LogP contribution in [-0.2, 0) is 6.54 Å². The molecule has 0 saturated carbocycles. The van der Waals surface area contributed by atoms with Gasteiger partial charge in [-0.15, -0.1) is 0 Å². The molecule has 0 aliphatic carbocycles. The molecule has 2 nitrogen and oxygen atoms in total. The fourth-order valence-electron chi connectivity index (χ4n) is 1.51. The second-order valence-electron chi connectivity index (χ2n) is 3.83. The van der Waals surface area contributed by atoms with Crippen LogP contribution in [0.15, 0.2) is 30.3 Å². The van der Waals surface area contributed by atoms with Crippen molar-refractivity contribution in [3.63, 3.8) is 0 Å². The van der Waals surface area contributed by atoms with E-state index >= 15 is 0 Å². The third kappa shape index (κ3) is 4.62. The molecule has 1 aromatic carbocycles. The second kappa shape index (κ2) is 7.23. The van der Waals surface area contributed by atoms with Crippen LogP contribution in [0.2, 0.25) is 0 Å². The topological polar surface area (TPSA) is 24.1 Å². The average Bonchev–Trinajstić information content (AvgIpc) is 2.34. The van der Waals surface area contributed by atoms with Gasteiger partial charge >= 0.3 is 0 Å². The molecule has 0 unspecified atom stereocenters. The summed E-state index contributed by atoms with van der Waals surface area (Å²) < 4.78 is 0. The van der Waals surface area contributed by atoms with E-state index in [1.165, 1.54) is 5.56 Å². The fourth-order valence-corrected chi connectivity index (χ4v) is 1.75. The third-order valence-electron chi connectivity index (χ3n) is 2.62. The number of benzene rings is 1. The van der Waals surface area contributed by atoms with Gasteiger partial charge in [-0.3, -0.25) is 0 Å². The lowest BCUT2D eigenvalue weighted by molar-refractivity contribution is 0.564. The lowest BCUT2D eigenvalue weighted by Crippen LogP contribution is -2.40. The van der Waals surface area contributed by atoms with E-state index in [2.05, 4.69) is 36.6 Å². The highest BCUT2D eigenvalue weighted by Crippen LogP contribution is 1.98. The van der Waals surface area contributed by atoms with Crippen LogP contribution in [0.4, 0.5) is 0 Å². The number of hydrogen-bond acceptors (Lipinski definition) is 1. The van der Waals surface area contributed by atoms with Crippen molar-refractivity contribution in [3.05, 3.63) is 35.9 Å². The Balaban J connectivity index is 2.30. The van der Waals surface area contributed by atoms with Gasteiger partial charge in [-0.1, -0.05) is 44.2 Å². The Morgan fingerprint density at radius 2 is 1.81 bits per heavy atom. The van der Waals surface area contributed by atoms with Crippen LogP contribution >= 0.6 is 12.2 Å². The number of thiocarbonyl (C=S) groups is 1. The third-order valence-corrected chi connectivity index (χ3v) is 2.88. The van der Waals surface area contributed by atoms with E-state index in [4.69, 9.17) is 12.2 Å². The largest absolute Gasteiger partial charge is 0.360 e. The van der Waals surface area contributed by atoms with E-state index in [1.54, 1.807) is 0 Å². The van der Waals surface area contributed by atoms with Gasteiger partial charge in [-0.05, 0) is 30.6 Å². The molecule has 0 bridgehead atoms. The highest BCUT2D eigenvalue weighted by Gasteiger charge is 2.04. The summed E-state index contributed by atoms with van der Waals surface area (Å²) in [4.78, 5) is 0. The van der Waals surface area contributed by atoms with Crippen LogP contribution in [0.25, 0.3) is 0 Å². The van der Waals surface area contributed by atoms with E-state index < -0.39 is 0 Å². The van der Waals surface area contributed by atoms with Crippen LogP contribution in [0, 0.1) is 0 Å². The first-order chi connectivity index (χ1) is 7.76. The Bertz CT molecular complexity index is 307.